The largest absolute Gasteiger partial charge is 0.494 e. The van der Waals surface area contributed by atoms with E-state index < -0.39 is 10.0 Å². The lowest BCUT2D eigenvalue weighted by atomic mass is 10.1. The van der Waals surface area contributed by atoms with Crippen LogP contribution in [0.25, 0.3) is 0 Å². The maximum atomic E-state index is 12.6. The Kier molecular flexibility index (Phi) is 5.58. The van der Waals surface area contributed by atoms with Gasteiger partial charge in [-0.2, -0.15) is 0 Å². The van der Waals surface area contributed by atoms with Gasteiger partial charge in [0, 0.05) is 18.7 Å². The fourth-order valence-electron chi connectivity index (χ4n) is 2.85. The lowest BCUT2D eigenvalue weighted by molar-refractivity contribution is -0.116. The van der Waals surface area contributed by atoms with E-state index in [0.29, 0.717) is 31.6 Å². The molecule has 0 aliphatic carbocycles. The predicted molar refractivity (Wildman–Crippen MR) is 99.6 cm³/mol. The van der Waals surface area contributed by atoms with Crippen LogP contribution in [-0.4, -0.2) is 20.9 Å². The van der Waals surface area contributed by atoms with Crippen molar-refractivity contribution < 1.29 is 17.9 Å². The minimum Gasteiger partial charge on any atom is -0.494 e. The van der Waals surface area contributed by atoms with Gasteiger partial charge < -0.3 is 10.1 Å². The van der Waals surface area contributed by atoms with Crippen molar-refractivity contribution in [3.63, 3.8) is 0 Å². The Morgan fingerprint density at radius 2 is 1.88 bits per heavy atom. The fraction of sp³-hybridized carbons (Fsp3) is 0.316. The third kappa shape index (κ3) is 4.42. The molecule has 26 heavy (non-hydrogen) atoms. The molecule has 1 heterocycles. The van der Waals surface area contributed by atoms with E-state index in [-0.39, 0.29) is 17.3 Å². The molecule has 6 nitrogen and oxygen atoms in total. The molecule has 0 atom stereocenters. The first-order chi connectivity index (χ1) is 12.5. The molecule has 3 rings (SSSR count). The van der Waals surface area contributed by atoms with Crippen LogP contribution < -0.4 is 14.8 Å². The number of benzene rings is 2. The van der Waals surface area contributed by atoms with Crippen molar-refractivity contribution in [1.29, 1.82) is 0 Å². The average Bonchev–Trinajstić information content (AvgIpc) is 2.81. The number of ether oxygens (including phenoxy) is 1. The van der Waals surface area contributed by atoms with Crippen LogP contribution in [0.1, 0.15) is 30.9 Å². The minimum absolute atomic E-state index is 0.0343. The van der Waals surface area contributed by atoms with Gasteiger partial charge in [0.1, 0.15) is 5.75 Å². The van der Waals surface area contributed by atoms with Crippen molar-refractivity contribution in [2.24, 2.45) is 0 Å². The Bertz CT molecular complexity index is 892. The van der Waals surface area contributed by atoms with Crippen molar-refractivity contribution >= 4 is 21.6 Å². The lowest BCUT2D eigenvalue weighted by Gasteiger charge is -2.11. The molecule has 1 aliphatic heterocycles. The standard InChI is InChI=1S/C19H22N2O4S/c1-2-25-16-8-6-14(7-9-16)13-20-26(23,24)17-10-11-18-15(12-17)4-3-5-19(22)21-18/h6-12,20H,2-5,13H2,1H3,(H,21,22). The first-order valence-corrected chi connectivity index (χ1v) is 10.1. The van der Waals surface area contributed by atoms with Gasteiger partial charge in [-0.1, -0.05) is 12.1 Å². The van der Waals surface area contributed by atoms with Crippen LogP contribution in [0.4, 0.5) is 5.69 Å². The highest BCUT2D eigenvalue weighted by Crippen LogP contribution is 2.25. The van der Waals surface area contributed by atoms with Crippen LogP contribution in [0.2, 0.25) is 0 Å². The topological polar surface area (TPSA) is 84.5 Å². The van der Waals surface area contributed by atoms with Gasteiger partial charge in [-0.05, 0) is 61.2 Å². The van der Waals surface area contributed by atoms with E-state index in [4.69, 9.17) is 4.74 Å². The highest BCUT2D eigenvalue weighted by atomic mass is 32.2. The molecule has 0 saturated heterocycles. The second-order valence-electron chi connectivity index (χ2n) is 6.12. The third-order valence-electron chi connectivity index (χ3n) is 4.21. The van der Waals surface area contributed by atoms with Gasteiger partial charge in [0.05, 0.1) is 11.5 Å². The van der Waals surface area contributed by atoms with Crippen molar-refractivity contribution in [3.05, 3.63) is 53.6 Å². The Balaban J connectivity index is 1.72. The molecule has 0 radical (unpaired) electrons. The van der Waals surface area contributed by atoms with Gasteiger partial charge in [-0.25, -0.2) is 13.1 Å². The summed E-state index contributed by atoms with van der Waals surface area (Å²) < 4.78 is 33.2. The molecule has 1 aliphatic rings. The number of nitrogens with one attached hydrogen (secondary N) is 2. The van der Waals surface area contributed by atoms with E-state index in [9.17, 15) is 13.2 Å². The number of hydrogen-bond acceptors (Lipinski definition) is 4. The predicted octanol–water partition coefficient (Wildman–Crippen LogP) is 2.84. The van der Waals surface area contributed by atoms with E-state index in [1.807, 2.05) is 31.2 Å². The minimum atomic E-state index is -3.63. The molecular weight excluding hydrogens is 352 g/mol. The monoisotopic (exact) mass is 374 g/mol. The van der Waals surface area contributed by atoms with Crippen molar-refractivity contribution in [2.75, 3.05) is 11.9 Å². The van der Waals surface area contributed by atoms with Crippen molar-refractivity contribution in [2.45, 2.75) is 37.6 Å². The molecule has 2 aromatic rings. The zero-order chi connectivity index (χ0) is 18.6. The molecule has 0 spiro atoms. The zero-order valence-electron chi connectivity index (χ0n) is 14.6. The number of rotatable bonds is 6. The van der Waals surface area contributed by atoms with Gasteiger partial charge in [0.15, 0.2) is 0 Å². The third-order valence-corrected chi connectivity index (χ3v) is 5.61. The van der Waals surface area contributed by atoms with E-state index in [1.165, 1.54) is 6.07 Å². The van der Waals surface area contributed by atoms with E-state index in [1.54, 1.807) is 12.1 Å². The van der Waals surface area contributed by atoms with Crippen LogP contribution >= 0.6 is 0 Å². The summed E-state index contributed by atoms with van der Waals surface area (Å²) >= 11 is 0. The van der Waals surface area contributed by atoms with Gasteiger partial charge in [-0.3, -0.25) is 4.79 Å². The summed E-state index contributed by atoms with van der Waals surface area (Å²) in [5.74, 6) is 0.722. The number of anilines is 1. The number of carbonyl (C=O) groups is 1. The van der Waals surface area contributed by atoms with Crippen LogP contribution in [0.5, 0.6) is 5.75 Å². The first-order valence-electron chi connectivity index (χ1n) is 8.62. The van der Waals surface area contributed by atoms with E-state index in [0.717, 1.165) is 16.9 Å². The van der Waals surface area contributed by atoms with Gasteiger partial charge in [0.25, 0.3) is 0 Å². The van der Waals surface area contributed by atoms with Gasteiger partial charge in [0.2, 0.25) is 15.9 Å². The summed E-state index contributed by atoms with van der Waals surface area (Å²) in [6.07, 6.45) is 1.84. The van der Waals surface area contributed by atoms with Crippen molar-refractivity contribution in [3.8, 4) is 5.75 Å². The van der Waals surface area contributed by atoms with E-state index >= 15 is 0 Å². The number of hydrogen-bond donors (Lipinski definition) is 2. The van der Waals surface area contributed by atoms with Crippen LogP contribution in [0.15, 0.2) is 47.4 Å². The smallest absolute Gasteiger partial charge is 0.240 e. The second kappa shape index (κ2) is 7.88. The number of amides is 1. The fourth-order valence-corrected chi connectivity index (χ4v) is 3.92. The molecular formula is C19H22N2O4S. The molecule has 0 saturated carbocycles. The average molecular weight is 374 g/mol. The summed E-state index contributed by atoms with van der Waals surface area (Å²) in [5, 5.41) is 2.81. The molecule has 138 valence electrons. The zero-order valence-corrected chi connectivity index (χ0v) is 15.4. The number of fused-ring (bicyclic) bond motifs is 1. The van der Waals surface area contributed by atoms with Crippen LogP contribution in [0, 0.1) is 0 Å². The molecule has 7 heteroatoms. The van der Waals surface area contributed by atoms with Gasteiger partial charge >= 0.3 is 0 Å². The first kappa shape index (κ1) is 18.4. The molecule has 2 N–H and O–H groups in total. The normalized spacial score (nSPS) is 14.3. The molecule has 0 aromatic heterocycles. The maximum absolute atomic E-state index is 12.6. The van der Waals surface area contributed by atoms with Crippen LogP contribution in [0.3, 0.4) is 0 Å². The Hall–Kier alpha value is -2.38. The summed E-state index contributed by atoms with van der Waals surface area (Å²) in [6, 6.07) is 12.1. The quantitative estimate of drug-likeness (QED) is 0.814. The maximum Gasteiger partial charge on any atom is 0.240 e. The highest BCUT2D eigenvalue weighted by Gasteiger charge is 2.18. The molecule has 0 fully saturated rings. The number of carbonyl (C=O) groups excluding carboxylic acids is 1. The Morgan fingerprint density at radius 3 is 2.62 bits per heavy atom. The summed E-state index contributed by atoms with van der Waals surface area (Å²) in [4.78, 5) is 11.8. The second-order valence-corrected chi connectivity index (χ2v) is 7.89. The lowest BCUT2D eigenvalue weighted by Crippen LogP contribution is -2.23. The summed E-state index contributed by atoms with van der Waals surface area (Å²) in [6.45, 7) is 2.70. The molecule has 1 amide bonds. The number of aryl methyl sites for hydroxylation is 1. The van der Waals surface area contributed by atoms with E-state index in [2.05, 4.69) is 10.0 Å². The molecule has 0 bridgehead atoms. The summed E-state index contributed by atoms with van der Waals surface area (Å²) in [7, 11) is -3.63. The molecule has 2 aromatic carbocycles. The summed E-state index contributed by atoms with van der Waals surface area (Å²) in [5.41, 5.74) is 2.39. The Morgan fingerprint density at radius 1 is 1.12 bits per heavy atom. The SMILES string of the molecule is CCOc1ccc(CNS(=O)(=O)c2ccc3c(c2)CCCC(=O)N3)cc1. The van der Waals surface area contributed by atoms with Crippen LogP contribution in [-0.2, 0) is 27.8 Å². The molecule has 0 unspecified atom stereocenters. The van der Waals surface area contributed by atoms with Gasteiger partial charge in [-0.15, -0.1) is 0 Å². The highest BCUT2D eigenvalue weighted by molar-refractivity contribution is 7.89. The number of sulfonamides is 1. The van der Waals surface area contributed by atoms with Crippen molar-refractivity contribution in [1.82, 2.24) is 4.72 Å². The Labute approximate surface area is 153 Å².